The summed E-state index contributed by atoms with van der Waals surface area (Å²) in [5.41, 5.74) is 0.522. The molecular weight excluding hydrogens is 477 g/mol. The first-order valence-corrected chi connectivity index (χ1v) is 11.8. The zero-order chi connectivity index (χ0) is 21.5. The molecule has 1 saturated heterocycles. The van der Waals surface area contributed by atoms with Gasteiger partial charge in [0.05, 0.1) is 16.9 Å². The van der Waals surface area contributed by atoms with E-state index < -0.39 is 27.6 Å². The van der Waals surface area contributed by atoms with E-state index in [0.29, 0.717) is 21.8 Å². The van der Waals surface area contributed by atoms with Crippen LogP contribution in [0.4, 0.5) is 4.39 Å². The lowest BCUT2D eigenvalue weighted by atomic mass is 10.1. The minimum Gasteiger partial charge on any atom is -0.451 e. The van der Waals surface area contributed by atoms with Gasteiger partial charge in [-0.25, -0.2) is 12.8 Å². The summed E-state index contributed by atoms with van der Waals surface area (Å²) in [6, 6.07) is 11.1. The Labute approximate surface area is 180 Å². The first-order chi connectivity index (χ1) is 14.2. The van der Waals surface area contributed by atoms with Gasteiger partial charge in [-0.05, 0) is 42.3 Å². The molecule has 2 heterocycles. The number of fused-ring (bicyclic) bond motifs is 1. The van der Waals surface area contributed by atoms with E-state index in [9.17, 15) is 22.4 Å². The van der Waals surface area contributed by atoms with Crippen LogP contribution in [0.3, 0.4) is 0 Å². The molecule has 6 nitrogen and oxygen atoms in total. The van der Waals surface area contributed by atoms with Crippen LogP contribution in [0.15, 0.2) is 62.2 Å². The Hall–Kier alpha value is -2.52. The van der Waals surface area contributed by atoms with Crippen LogP contribution in [0.5, 0.6) is 0 Å². The van der Waals surface area contributed by atoms with E-state index in [1.807, 2.05) is 0 Å². The molecule has 0 N–H and O–H groups in total. The summed E-state index contributed by atoms with van der Waals surface area (Å²) in [5, 5.41) is 0.336. The molecular formula is C21H17BrFNO5S. The normalized spacial score (nSPS) is 17.9. The molecule has 0 saturated carbocycles. The monoisotopic (exact) mass is 493 g/mol. The SMILES string of the molecule is O=C(c1cc(=O)c2ccc(Br)cc2o1)N(Cc1ccc(F)cc1)[C@@H]1CCS(=O)(=O)C1. The summed E-state index contributed by atoms with van der Waals surface area (Å²) >= 11 is 3.31. The Morgan fingerprint density at radius 2 is 1.90 bits per heavy atom. The van der Waals surface area contributed by atoms with Gasteiger partial charge in [0.25, 0.3) is 5.91 Å². The van der Waals surface area contributed by atoms with Gasteiger partial charge in [0.15, 0.2) is 21.0 Å². The lowest BCUT2D eigenvalue weighted by molar-refractivity contribution is 0.0648. The second kappa shape index (κ2) is 7.96. The van der Waals surface area contributed by atoms with Crippen molar-refractivity contribution in [2.45, 2.75) is 19.0 Å². The molecule has 1 amide bonds. The Balaban J connectivity index is 1.74. The molecule has 3 aromatic rings. The molecule has 2 aromatic carbocycles. The summed E-state index contributed by atoms with van der Waals surface area (Å²) in [4.78, 5) is 27.2. The van der Waals surface area contributed by atoms with Gasteiger partial charge in [-0.1, -0.05) is 28.1 Å². The fourth-order valence-electron chi connectivity index (χ4n) is 3.55. The Morgan fingerprint density at radius 1 is 1.17 bits per heavy atom. The maximum Gasteiger partial charge on any atom is 0.290 e. The fraction of sp³-hybridized carbons (Fsp3) is 0.238. The highest BCUT2D eigenvalue weighted by atomic mass is 79.9. The zero-order valence-corrected chi connectivity index (χ0v) is 18.1. The van der Waals surface area contributed by atoms with Crippen molar-refractivity contribution in [3.05, 3.63) is 80.4 Å². The van der Waals surface area contributed by atoms with E-state index in [1.54, 1.807) is 18.2 Å². The smallest absolute Gasteiger partial charge is 0.290 e. The molecule has 9 heteroatoms. The van der Waals surface area contributed by atoms with Gasteiger partial charge in [-0.15, -0.1) is 0 Å². The van der Waals surface area contributed by atoms with Crippen molar-refractivity contribution in [1.29, 1.82) is 0 Å². The Morgan fingerprint density at radius 3 is 2.57 bits per heavy atom. The van der Waals surface area contributed by atoms with Crippen molar-refractivity contribution in [2.24, 2.45) is 0 Å². The highest BCUT2D eigenvalue weighted by Gasteiger charge is 2.36. The average molecular weight is 494 g/mol. The first kappa shape index (κ1) is 20.7. The molecule has 1 aromatic heterocycles. The minimum absolute atomic E-state index is 0.0144. The summed E-state index contributed by atoms with van der Waals surface area (Å²) in [6.07, 6.45) is 0.290. The van der Waals surface area contributed by atoms with Crippen molar-refractivity contribution < 1.29 is 22.0 Å². The van der Waals surface area contributed by atoms with Gasteiger partial charge in [0.2, 0.25) is 0 Å². The number of benzene rings is 2. The number of hydrogen-bond donors (Lipinski definition) is 0. The number of amides is 1. The van der Waals surface area contributed by atoms with Crippen molar-refractivity contribution >= 4 is 42.6 Å². The Bertz CT molecular complexity index is 1290. The van der Waals surface area contributed by atoms with Gasteiger partial charge in [0.1, 0.15) is 11.4 Å². The molecule has 0 spiro atoms. The van der Waals surface area contributed by atoms with Crippen LogP contribution in [0.2, 0.25) is 0 Å². The average Bonchev–Trinajstić information content (AvgIpc) is 3.06. The van der Waals surface area contributed by atoms with E-state index in [2.05, 4.69) is 15.9 Å². The number of hydrogen-bond acceptors (Lipinski definition) is 5. The second-order valence-electron chi connectivity index (χ2n) is 7.23. The van der Waals surface area contributed by atoms with Crippen LogP contribution in [0.25, 0.3) is 11.0 Å². The van der Waals surface area contributed by atoms with Crippen LogP contribution in [-0.4, -0.2) is 36.8 Å². The van der Waals surface area contributed by atoms with E-state index in [0.717, 1.165) is 6.07 Å². The molecule has 156 valence electrons. The summed E-state index contributed by atoms with van der Waals surface area (Å²) in [5.74, 6) is -1.34. The van der Waals surface area contributed by atoms with Gasteiger partial charge >= 0.3 is 0 Å². The van der Waals surface area contributed by atoms with Crippen LogP contribution >= 0.6 is 15.9 Å². The van der Waals surface area contributed by atoms with Crippen molar-refractivity contribution in [3.8, 4) is 0 Å². The lowest BCUT2D eigenvalue weighted by Crippen LogP contribution is -2.40. The third-order valence-electron chi connectivity index (χ3n) is 5.08. The molecule has 1 aliphatic heterocycles. The summed E-state index contributed by atoms with van der Waals surface area (Å²) in [7, 11) is -3.26. The molecule has 1 aliphatic rings. The van der Waals surface area contributed by atoms with E-state index in [-0.39, 0.29) is 34.8 Å². The van der Waals surface area contributed by atoms with Crippen LogP contribution in [0.1, 0.15) is 22.5 Å². The van der Waals surface area contributed by atoms with Crippen LogP contribution in [-0.2, 0) is 16.4 Å². The molecule has 0 aliphatic carbocycles. The number of carbonyl (C=O) groups is 1. The molecule has 0 bridgehead atoms. The minimum atomic E-state index is -3.26. The largest absolute Gasteiger partial charge is 0.451 e. The molecule has 30 heavy (non-hydrogen) atoms. The second-order valence-corrected chi connectivity index (χ2v) is 10.4. The zero-order valence-electron chi connectivity index (χ0n) is 15.7. The van der Waals surface area contributed by atoms with Gasteiger partial charge in [-0.3, -0.25) is 9.59 Å². The number of sulfone groups is 1. The van der Waals surface area contributed by atoms with Crippen molar-refractivity contribution in [2.75, 3.05) is 11.5 Å². The lowest BCUT2D eigenvalue weighted by Gasteiger charge is -2.28. The molecule has 1 fully saturated rings. The first-order valence-electron chi connectivity index (χ1n) is 9.21. The fourth-order valence-corrected chi connectivity index (χ4v) is 5.62. The number of halogens is 2. The maximum absolute atomic E-state index is 13.3. The number of nitrogens with zero attached hydrogens (tertiary/aromatic N) is 1. The standard InChI is InChI=1S/C21H17BrFNO5S/c22-14-3-6-17-18(25)10-20(29-19(17)9-14)21(26)24(16-7-8-30(27,28)12-16)11-13-1-4-15(23)5-2-13/h1-6,9-10,16H,7-8,11-12H2/t16-/m1/s1. The van der Waals surface area contributed by atoms with Gasteiger partial charge in [0, 0.05) is 23.1 Å². The van der Waals surface area contributed by atoms with Crippen molar-refractivity contribution in [3.63, 3.8) is 0 Å². The number of carbonyl (C=O) groups excluding carboxylic acids is 1. The quantitative estimate of drug-likeness (QED) is 0.554. The van der Waals surface area contributed by atoms with Crippen molar-refractivity contribution in [1.82, 2.24) is 4.90 Å². The molecule has 1 atom stereocenters. The van der Waals surface area contributed by atoms with E-state index in [4.69, 9.17) is 4.42 Å². The number of rotatable bonds is 4. The summed E-state index contributed by atoms with van der Waals surface area (Å²) in [6.45, 7) is 0.0690. The topological polar surface area (TPSA) is 84.7 Å². The van der Waals surface area contributed by atoms with E-state index >= 15 is 0 Å². The predicted octanol–water partition coefficient (Wildman–Crippen LogP) is 3.52. The van der Waals surface area contributed by atoms with Crippen LogP contribution < -0.4 is 5.43 Å². The highest BCUT2D eigenvalue weighted by molar-refractivity contribution is 9.10. The maximum atomic E-state index is 13.3. The van der Waals surface area contributed by atoms with Gasteiger partial charge in [-0.2, -0.15) is 0 Å². The predicted molar refractivity (Wildman–Crippen MR) is 114 cm³/mol. The van der Waals surface area contributed by atoms with E-state index in [1.165, 1.54) is 29.2 Å². The third kappa shape index (κ3) is 4.32. The molecule has 4 rings (SSSR count). The summed E-state index contributed by atoms with van der Waals surface area (Å²) < 4.78 is 43.7. The van der Waals surface area contributed by atoms with Gasteiger partial charge < -0.3 is 9.32 Å². The molecule has 0 radical (unpaired) electrons. The third-order valence-corrected chi connectivity index (χ3v) is 7.32. The molecule has 0 unspecified atom stereocenters. The highest BCUT2D eigenvalue weighted by Crippen LogP contribution is 2.24. The Kier molecular flexibility index (Phi) is 5.50. The van der Waals surface area contributed by atoms with Crippen LogP contribution in [0, 0.1) is 5.82 Å².